The standard InChI is InChI=1S/C8H14O5/c1-10-4-3-12-8-5(9)7(11-2)6(4)13-8/h4-9H,3H2,1-2H3/t4-,5-,6-,7-,8-/m1/s1. The predicted molar refractivity (Wildman–Crippen MR) is 42.2 cm³/mol. The van der Waals surface area contributed by atoms with Gasteiger partial charge in [0.2, 0.25) is 0 Å². The number of aliphatic hydroxyl groups excluding tert-OH is 1. The minimum Gasteiger partial charge on any atom is -0.385 e. The van der Waals surface area contributed by atoms with Crippen molar-refractivity contribution in [3.8, 4) is 0 Å². The fraction of sp³-hybridized carbons (Fsp3) is 1.00. The molecule has 76 valence electrons. The van der Waals surface area contributed by atoms with Crippen LogP contribution in [0.1, 0.15) is 0 Å². The normalized spacial score (nSPS) is 49.6. The van der Waals surface area contributed by atoms with Crippen molar-refractivity contribution in [2.45, 2.75) is 30.7 Å². The maximum atomic E-state index is 9.64. The maximum Gasteiger partial charge on any atom is 0.186 e. The third kappa shape index (κ3) is 1.37. The molecule has 0 aliphatic carbocycles. The van der Waals surface area contributed by atoms with Crippen molar-refractivity contribution in [2.75, 3.05) is 20.8 Å². The lowest BCUT2D eigenvalue weighted by Gasteiger charge is -2.28. The van der Waals surface area contributed by atoms with E-state index in [1.54, 1.807) is 14.2 Å². The predicted octanol–water partition coefficient (Wildman–Crippen LogP) is -0.868. The number of hydrogen-bond acceptors (Lipinski definition) is 5. The van der Waals surface area contributed by atoms with Crippen molar-refractivity contribution in [3.63, 3.8) is 0 Å². The highest BCUT2D eigenvalue weighted by atomic mass is 16.7. The summed E-state index contributed by atoms with van der Waals surface area (Å²) >= 11 is 0. The Balaban J connectivity index is 2.12. The van der Waals surface area contributed by atoms with Gasteiger partial charge in [0.1, 0.15) is 24.4 Å². The third-order valence-corrected chi connectivity index (χ3v) is 2.60. The summed E-state index contributed by atoms with van der Waals surface area (Å²) in [6.07, 6.45) is -1.99. The van der Waals surface area contributed by atoms with E-state index in [9.17, 15) is 5.11 Å². The minimum atomic E-state index is -0.713. The van der Waals surface area contributed by atoms with Crippen LogP contribution in [-0.4, -0.2) is 56.6 Å². The second kappa shape index (κ2) is 3.51. The van der Waals surface area contributed by atoms with Crippen LogP contribution in [0.4, 0.5) is 0 Å². The van der Waals surface area contributed by atoms with Gasteiger partial charge in [0.15, 0.2) is 6.29 Å². The lowest BCUT2D eigenvalue weighted by Crippen LogP contribution is -2.43. The molecule has 2 fully saturated rings. The molecule has 5 atom stereocenters. The van der Waals surface area contributed by atoms with Crippen molar-refractivity contribution in [1.82, 2.24) is 0 Å². The third-order valence-electron chi connectivity index (χ3n) is 2.60. The monoisotopic (exact) mass is 190 g/mol. The highest BCUT2D eigenvalue weighted by Gasteiger charge is 2.51. The van der Waals surface area contributed by atoms with E-state index in [0.717, 1.165) is 0 Å². The lowest BCUT2D eigenvalue weighted by atomic mass is 10.1. The van der Waals surface area contributed by atoms with E-state index >= 15 is 0 Å². The van der Waals surface area contributed by atoms with E-state index < -0.39 is 12.4 Å². The number of ether oxygens (including phenoxy) is 4. The van der Waals surface area contributed by atoms with Crippen molar-refractivity contribution >= 4 is 0 Å². The Hall–Kier alpha value is -0.200. The number of hydrogen-bond donors (Lipinski definition) is 1. The smallest absolute Gasteiger partial charge is 0.186 e. The number of rotatable bonds is 2. The van der Waals surface area contributed by atoms with E-state index in [1.165, 1.54) is 0 Å². The van der Waals surface area contributed by atoms with Crippen LogP contribution in [0.5, 0.6) is 0 Å². The van der Waals surface area contributed by atoms with Gasteiger partial charge in [-0.2, -0.15) is 0 Å². The quantitative estimate of drug-likeness (QED) is 0.613. The molecule has 0 aromatic heterocycles. The Bertz CT molecular complexity index is 185. The van der Waals surface area contributed by atoms with Gasteiger partial charge in [-0.1, -0.05) is 0 Å². The molecule has 2 aliphatic rings. The summed E-state index contributed by atoms with van der Waals surface area (Å²) in [6.45, 7) is 0.447. The first-order valence-corrected chi connectivity index (χ1v) is 4.28. The molecule has 5 heteroatoms. The minimum absolute atomic E-state index is 0.154. The Morgan fingerprint density at radius 3 is 2.69 bits per heavy atom. The molecule has 2 heterocycles. The number of fused-ring (bicyclic) bond motifs is 2. The van der Waals surface area contributed by atoms with Crippen LogP contribution in [0, 0.1) is 0 Å². The summed E-state index contributed by atoms with van der Waals surface area (Å²) in [5.41, 5.74) is 0. The highest BCUT2D eigenvalue weighted by Crippen LogP contribution is 2.31. The van der Waals surface area contributed by atoms with Gasteiger partial charge < -0.3 is 24.1 Å². The summed E-state index contributed by atoms with van der Waals surface area (Å²) in [4.78, 5) is 0. The molecule has 13 heavy (non-hydrogen) atoms. The SMILES string of the molecule is CO[C@@H]1[C@@H](O)[C@@H]2OC[C@@H](OC)[C@H]1O2. The van der Waals surface area contributed by atoms with Crippen LogP contribution in [-0.2, 0) is 18.9 Å². The molecule has 5 nitrogen and oxygen atoms in total. The average Bonchev–Trinajstić information content (AvgIpc) is 2.41. The van der Waals surface area contributed by atoms with E-state index in [1.807, 2.05) is 0 Å². The van der Waals surface area contributed by atoms with Crippen molar-refractivity contribution in [1.29, 1.82) is 0 Å². The lowest BCUT2D eigenvalue weighted by molar-refractivity contribution is -0.238. The van der Waals surface area contributed by atoms with Crippen LogP contribution >= 0.6 is 0 Å². The van der Waals surface area contributed by atoms with Crippen LogP contribution in [0.25, 0.3) is 0 Å². The second-order valence-electron chi connectivity index (χ2n) is 3.27. The van der Waals surface area contributed by atoms with Crippen LogP contribution < -0.4 is 0 Å². The molecule has 0 radical (unpaired) electrons. The average molecular weight is 190 g/mol. The van der Waals surface area contributed by atoms with Gasteiger partial charge >= 0.3 is 0 Å². The van der Waals surface area contributed by atoms with Gasteiger partial charge in [0.05, 0.1) is 6.61 Å². The fourth-order valence-corrected chi connectivity index (χ4v) is 1.86. The fourth-order valence-electron chi connectivity index (χ4n) is 1.86. The zero-order valence-electron chi connectivity index (χ0n) is 7.67. The van der Waals surface area contributed by atoms with E-state index in [0.29, 0.717) is 6.61 Å². The molecule has 2 aliphatic heterocycles. The molecule has 1 N–H and O–H groups in total. The van der Waals surface area contributed by atoms with Gasteiger partial charge in [-0.05, 0) is 0 Å². The first-order valence-electron chi connectivity index (χ1n) is 4.28. The van der Waals surface area contributed by atoms with Crippen molar-refractivity contribution in [2.24, 2.45) is 0 Å². The Kier molecular flexibility index (Phi) is 2.53. The molecular formula is C8H14O5. The molecule has 0 saturated carbocycles. The molecule has 0 spiro atoms. The topological polar surface area (TPSA) is 57.2 Å². The summed E-state index contributed by atoms with van der Waals surface area (Å²) < 4.78 is 20.9. The van der Waals surface area contributed by atoms with Gasteiger partial charge in [-0.3, -0.25) is 0 Å². The first-order chi connectivity index (χ1) is 6.27. The summed E-state index contributed by atoms with van der Waals surface area (Å²) in [5, 5.41) is 9.64. The molecule has 2 bridgehead atoms. The van der Waals surface area contributed by atoms with E-state index in [2.05, 4.69) is 0 Å². The Morgan fingerprint density at radius 2 is 2.08 bits per heavy atom. The highest BCUT2D eigenvalue weighted by molar-refractivity contribution is 4.95. The van der Waals surface area contributed by atoms with Gasteiger partial charge in [0.25, 0.3) is 0 Å². The zero-order chi connectivity index (χ0) is 9.42. The molecule has 0 aromatic rings. The van der Waals surface area contributed by atoms with Crippen molar-refractivity contribution in [3.05, 3.63) is 0 Å². The van der Waals surface area contributed by atoms with E-state index in [-0.39, 0.29) is 18.3 Å². The van der Waals surface area contributed by atoms with Crippen LogP contribution in [0.15, 0.2) is 0 Å². The maximum absolute atomic E-state index is 9.64. The molecule has 0 unspecified atom stereocenters. The number of aliphatic hydroxyl groups is 1. The van der Waals surface area contributed by atoms with Gasteiger partial charge in [-0.15, -0.1) is 0 Å². The van der Waals surface area contributed by atoms with E-state index in [4.69, 9.17) is 18.9 Å². The largest absolute Gasteiger partial charge is 0.385 e. The molecule has 0 amide bonds. The summed E-state index contributed by atoms with van der Waals surface area (Å²) in [5.74, 6) is 0. The molecular weight excluding hydrogens is 176 g/mol. The Labute approximate surface area is 76.5 Å². The van der Waals surface area contributed by atoms with Crippen LogP contribution in [0.2, 0.25) is 0 Å². The van der Waals surface area contributed by atoms with Gasteiger partial charge in [-0.25, -0.2) is 0 Å². The number of methoxy groups -OCH3 is 2. The zero-order valence-corrected chi connectivity index (χ0v) is 7.67. The van der Waals surface area contributed by atoms with Gasteiger partial charge in [0, 0.05) is 14.2 Å². The second-order valence-corrected chi connectivity index (χ2v) is 3.27. The summed E-state index contributed by atoms with van der Waals surface area (Å²) in [7, 11) is 3.14. The molecule has 2 rings (SSSR count). The van der Waals surface area contributed by atoms with Crippen LogP contribution in [0.3, 0.4) is 0 Å². The molecule has 0 aromatic carbocycles. The summed E-state index contributed by atoms with van der Waals surface area (Å²) in [6, 6.07) is 0. The molecule has 2 saturated heterocycles. The van der Waals surface area contributed by atoms with Crippen molar-refractivity contribution < 1.29 is 24.1 Å². The first kappa shape index (κ1) is 9.36. The Morgan fingerprint density at radius 1 is 1.31 bits per heavy atom.